The summed E-state index contributed by atoms with van der Waals surface area (Å²) in [6.07, 6.45) is 2.92. The Kier molecular flexibility index (Phi) is 5.94. The highest BCUT2D eigenvalue weighted by Gasteiger charge is 2.34. The number of hydrogen-bond donors (Lipinski definition) is 2. The molecule has 1 aliphatic rings. The number of benzene rings is 1. The van der Waals surface area contributed by atoms with E-state index in [0.29, 0.717) is 22.0 Å². The molecule has 1 unspecified atom stereocenters. The molecule has 28 heavy (non-hydrogen) atoms. The zero-order valence-electron chi connectivity index (χ0n) is 17.4. The molecule has 2 N–H and O–H groups in total. The molecule has 0 spiro atoms. The summed E-state index contributed by atoms with van der Waals surface area (Å²) in [5, 5.41) is 6.69. The molecule has 0 fully saturated rings. The molecule has 2 amide bonds. The number of amides is 2. The molecule has 1 aromatic heterocycles. The number of rotatable bonds is 4. The first-order valence-corrected chi connectivity index (χ1v) is 10.8. The molecule has 5 heteroatoms. The third-order valence-corrected chi connectivity index (χ3v) is 6.57. The minimum absolute atomic E-state index is 0.0478. The first-order chi connectivity index (χ1) is 13.2. The fraction of sp³-hybridized carbons (Fsp3) is 0.478. The van der Waals surface area contributed by atoms with Crippen LogP contribution in [0.2, 0.25) is 0 Å². The van der Waals surface area contributed by atoms with Crippen molar-refractivity contribution < 1.29 is 9.59 Å². The van der Waals surface area contributed by atoms with Crippen LogP contribution < -0.4 is 10.6 Å². The van der Waals surface area contributed by atoms with Crippen LogP contribution in [-0.4, -0.2) is 17.9 Å². The lowest BCUT2D eigenvalue weighted by atomic mass is 9.72. The summed E-state index contributed by atoms with van der Waals surface area (Å²) in [5.74, 6) is 0.313. The number of anilines is 1. The molecule has 0 saturated heterocycles. The van der Waals surface area contributed by atoms with E-state index in [9.17, 15) is 9.59 Å². The fourth-order valence-electron chi connectivity index (χ4n) is 3.75. The number of thiophene rings is 1. The van der Waals surface area contributed by atoms with Gasteiger partial charge in [-0.05, 0) is 62.1 Å². The second kappa shape index (κ2) is 8.08. The molecule has 1 heterocycles. The smallest absolute Gasteiger partial charge is 0.256 e. The SMILES string of the molecule is CC(C)NC(=O)c1c(NC(=O)c2ccccc2)sc2c1CCC(C(C)(C)C)C2. The van der Waals surface area contributed by atoms with E-state index < -0.39 is 0 Å². The molecule has 3 rings (SSSR count). The third kappa shape index (κ3) is 4.46. The van der Waals surface area contributed by atoms with E-state index in [1.54, 1.807) is 23.5 Å². The molecular formula is C23H30N2O2S. The van der Waals surface area contributed by atoms with Crippen molar-refractivity contribution in [1.29, 1.82) is 0 Å². The van der Waals surface area contributed by atoms with Crippen molar-refractivity contribution in [2.45, 2.75) is 59.9 Å². The van der Waals surface area contributed by atoms with E-state index in [-0.39, 0.29) is 23.3 Å². The van der Waals surface area contributed by atoms with E-state index in [4.69, 9.17) is 0 Å². The van der Waals surface area contributed by atoms with Crippen LogP contribution in [0.1, 0.15) is 72.2 Å². The Labute approximate surface area is 171 Å². The van der Waals surface area contributed by atoms with Gasteiger partial charge in [0.2, 0.25) is 0 Å². The van der Waals surface area contributed by atoms with Gasteiger partial charge in [0.05, 0.1) is 5.56 Å². The maximum Gasteiger partial charge on any atom is 0.256 e. The largest absolute Gasteiger partial charge is 0.350 e. The third-order valence-electron chi connectivity index (χ3n) is 5.40. The number of carbonyl (C=O) groups is 2. The summed E-state index contributed by atoms with van der Waals surface area (Å²) >= 11 is 1.57. The zero-order valence-corrected chi connectivity index (χ0v) is 18.2. The van der Waals surface area contributed by atoms with Crippen LogP contribution in [0.5, 0.6) is 0 Å². The maximum atomic E-state index is 12.9. The van der Waals surface area contributed by atoms with Crippen LogP contribution in [0.3, 0.4) is 0 Å². The van der Waals surface area contributed by atoms with Gasteiger partial charge in [0.15, 0.2) is 0 Å². The van der Waals surface area contributed by atoms with E-state index in [1.807, 2.05) is 32.0 Å². The van der Waals surface area contributed by atoms with Crippen molar-refractivity contribution in [3.05, 3.63) is 51.9 Å². The van der Waals surface area contributed by atoms with Gasteiger partial charge >= 0.3 is 0 Å². The molecular weight excluding hydrogens is 368 g/mol. The van der Waals surface area contributed by atoms with E-state index in [1.165, 1.54) is 4.88 Å². The first kappa shape index (κ1) is 20.6. The second-order valence-electron chi connectivity index (χ2n) is 8.96. The van der Waals surface area contributed by atoms with Crippen LogP contribution in [0, 0.1) is 11.3 Å². The van der Waals surface area contributed by atoms with Gasteiger partial charge in [-0.1, -0.05) is 39.0 Å². The highest BCUT2D eigenvalue weighted by atomic mass is 32.1. The van der Waals surface area contributed by atoms with Gasteiger partial charge in [0, 0.05) is 16.5 Å². The van der Waals surface area contributed by atoms with Crippen molar-refractivity contribution in [3.63, 3.8) is 0 Å². The maximum absolute atomic E-state index is 12.9. The molecule has 1 atom stereocenters. The van der Waals surface area contributed by atoms with E-state index >= 15 is 0 Å². The van der Waals surface area contributed by atoms with Gasteiger partial charge in [-0.15, -0.1) is 11.3 Å². The zero-order chi connectivity index (χ0) is 20.5. The van der Waals surface area contributed by atoms with Gasteiger partial charge in [0.25, 0.3) is 11.8 Å². The molecule has 4 nitrogen and oxygen atoms in total. The molecule has 2 aromatic rings. The summed E-state index contributed by atoms with van der Waals surface area (Å²) < 4.78 is 0. The highest BCUT2D eigenvalue weighted by molar-refractivity contribution is 7.17. The first-order valence-electron chi connectivity index (χ1n) is 9.98. The lowest BCUT2D eigenvalue weighted by molar-refractivity contribution is 0.0943. The molecule has 0 radical (unpaired) electrons. The minimum Gasteiger partial charge on any atom is -0.350 e. The summed E-state index contributed by atoms with van der Waals surface area (Å²) in [6, 6.07) is 9.18. The second-order valence-corrected chi connectivity index (χ2v) is 10.1. The fourth-order valence-corrected chi connectivity index (χ4v) is 5.07. The van der Waals surface area contributed by atoms with E-state index in [0.717, 1.165) is 24.8 Å². The predicted octanol–water partition coefficient (Wildman–Crippen LogP) is 5.29. The van der Waals surface area contributed by atoms with Crippen molar-refractivity contribution in [2.24, 2.45) is 11.3 Å². The van der Waals surface area contributed by atoms with Crippen LogP contribution in [0.25, 0.3) is 0 Å². The highest BCUT2D eigenvalue weighted by Crippen LogP contribution is 2.44. The van der Waals surface area contributed by atoms with E-state index in [2.05, 4.69) is 31.4 Å². The van der Waals surface area contributed by atoms with Gasteiger partial charge < -0.3 is 10.6 Å². The Balaban J connectivity index is 1.95. The Hall–Kier alpha value is -2.14. The van der Waals surface area contributed by atoms with Crippen molar-refractivity contribution >= 4 is 28.2 Å². The van der Waals surface area contributed by atoms with Crippen molar-refractivity contribution in [1.82, 2.24) is 5.32 Å². The standard InChI is InChI=1S/C23H30N2O2S/c1-14(2)24-21(27)19-17-12-11-16(23(3,4)5)13-18(17)28-22(19)25-20(26)15-9-7-6-8-10-15/h6-10,14,16H,11-13H2,1-5H3,(H,24,27)(H,25,26). The summed E-state index contributed by atoms with van der Waals surface area (Å²) in [4.78, 5) is 26.9. The van der Waals surface area contributed by atoms with Crippen LogP contribution in [0.15, 0.2) is 30.3 Å². The lowest BCUT2D eigenvalue weighted by Crippen LogP contribution is -2.32. The van der Waals surface area contributed by atoms with Crippen LogP contribution >= 0.6 is 11.3 Å². The topological polar surface area (TPSA) is 58.2 Å². The van der Waals surface area contributed by atoms with Crippen molar-refractivity contribution in [2.75, 3.05) is 5.32 Å². The average Bonchev–Trinajstić information content (AvgIpc) is 2.98. The Morgan fingerprint density at radius 1 is 1.11 bits per heavy atom. The molecule has 1 aliphatic carbocycles. The average molecular weight is 399 g/mol. The number of hydrogen-bond acceptors (Lipinski definition) is 3. The van der Waals surface area contributed by atoms with Gasteiger partial charge in [-0.2, -0.15) is 0 Å². The molecule has 0 saturated carbocycles. The Morgan fingerprint density at radius 3 is 2.39 bits per heavy atom. The predicted molar refractivity (Wildman–Crippen MR) is 116 cm³/mol. The summed E-state index contributed by atoms with van der Waals surface area (Å²) in [7, 11) is 0. The molecule has 1 aromatic carbocycles. The number of nitrogens with one attached hydrogen (secondary N) is 2. The van der Waals surface area contributed by atoms with Gasteiger partial charge in [-0.25, -0.2) is 0 Å². The monoisotopic (exact) mass is 398 g/mol. The number of fused-ring (bicyclic) bond motifs is 1. The normalized spacial score (nSPS) is 16.6. The number of carbonyl (C=O) groups excluding carboxylic acids is 2. The van der Waals surface area contributed by atoms with Crippen LogP contribution in [-0.2, 0) is 12.8 Å². The van der Waals surface area contributed by atoms with Crippen LogP contribution in [0.4, 0.5) is 5.00 Å². The molecule has 0 aliphatic heterocycles. The van der Waals surface area contributed by atoms with Gasteiger partial charge in [-0.3, -0.25) is 9.59 Å². The molecule has 150 valence electrons. The minimum atomic E-state index is -0.176. The Bertz CT molecular complexity index is 863. The molecule has 0 bridgehead atoms. The summed E-state index contributed by atoms with van der Waals surface area (Å²) in [5.41, 5.74) is 2.60. The van der Waals surface area contributed by atoms with Crippen molar-refractivity contribution in [3.8, 4) is 0 Å². The quantitative estimate of drug-likeness (QED) is 0.735. The van der Waals surface area contributed by atoms with Gasteiger partial charge in [0.1, 0.15) is 5.00 Å². The lowest BCUT2D eigenvalue weighted by Gasteiger charge is -2.33. The Morgan fingerprint density at radius 2 is 1.79 bits per heavy atom. The summed E-state index contributed by atoms with van der Waals surface area (Å²) in [6.45, 7) is 10.7.